The molecular formula is C13H21NO5. The fourth-order valence-electron chi connectivity index (χ4n) is 1.12. The summed E-state index contributed by atoms with van der Waals surface area (Å²) in [5, 5.41) is 2.44. The molecule has 1 amide bonds. The summed E-state index contributed by atoms with van der Waals surface area (Å²) in [7, 11) is 1.22. The maximum Gasteiger partial charge on any atom is 0.411 e. The van der Waals surface area contributed by atoms with Gasteiger partial charge in [-0.3, -0.25) is 14.9 Å². The third-order valence-electron chi connectivity index (χ3n) is 1.95. The molecule has 6 heteroatoms. The van der Waals surface area contributed by atoms with E-state index in [0.717, 1.165) is 0 Å². The van der Waals surface area contributed by atoms with Gasteiger partial charge in [0, 0.05) is 12.1 Å². The van der Waals surface area contributed by atoms with Crippen LogP contribution in [0.15, 0.2) is 12.3 Å². The van der Waals surface area contributed by atoms with Gasteiger partial charge in [0.05, 0.1) is 7.11 Å². The van der Waals surface area contributed by atoms with E-state index < -0.39 is 17.7 Å². The Labute approximate surface area is 113 Å². The number of carbonyl (C=O) groups excluding carboxylic acids is 3. The molecule has 0 bridgehead atoms. The van der Waals surface area contributed by atoms with Crippen molar-refractivity contribution >= 4 is 17.8 Å². The smallest absolute Gasteiger partial charge is 0.411 e. The van der Waals surface area contributed by atoms with Gasteiger partial charge in [-0.05, 0) is 27.2 Å². The van der Waals surface area contributed by atoms with Crippen molar-refractivity contribution in [3.63, 3.8) is 0 Å². The van der Waals surface area contributed by atoms with Crippen molar-refractivity contribution in [2.75, 3.05) is 7.11 Å². The van der Waals surface area contributed by atoms with Gasteiger partial charge in [0.25, 0.3) is 0 Å². The van der Waals surface area contributed by atoms with Crippen LogP contribution in [0.25, 0.3) is 0 Å². The molecule has 1 N–H and O–H groups in total. The zero-order valence-electron chi connectivity index (χ0n) is 11.9. The number of ether oxygens (including phenoxy) is 2. The van der Waals surface area contributed by atoms with E-state index in [1.165, 1.54) is 7.11 Å². The Morgan fingerprint density at radius 3 is 2.21 bits per heavy atom. The molecule has 0 aliphatic heterocycles. The maximum absolute atomic E-state index is 11.4. The van der Waals surface area contributed by atoms with Crippen molar-refractivity contribution in [2.24, 2.45) is 0 Å². The maximum atomic E-state index is 11.4. The zero-order valence-corrected chi connectivity index (χ0v) is 11.9. The molecule has 0 aliphatic carbocycles. The predicted octanol–water partition coefficient (Wildman–Crippen LogP) is 1.94. The second-order valence-corrected chi connectivity index (χ2v) is 5.02. The minimum Gasteiger partial charge on any atom is -0.469 e. The number of allylic oxidation sites excluding steroid dienone is 1. The molecule has 6 nitrogen and oxygen atoms in total. The Bertz CT molecular complexity index is 368. The van der Waals surface area contributed by atoms with Gasteiger partial charge >= 0.3 is 12.1 Å². The fraction of sp³-hybridized carbons (Fsp3) is 0.615. The first-order chi connectivity index (χ1) is 8.64. The summed E-state index contributed by atoms with van der Waals surface area (Å²) < 4.78 is 9.40. The Kier molecular flexibility index (Phi) is 6.82. The van der Waals surface area contributed by atoms with E-state index in [1.807, 2.05) is 0 Å². The largest absolute Gasteiger partial charge is 0.469 e. The number of methoxy groups -OCH3 is 1. The van der Waals surface area contributed by atoms with Gasteiger partial charge in [-0.25, -0.2) is 4.79 Å². The lowest BCUT2D eigenvalue weighted by Gasteiger charge is -2.20. The first-order valence-corrected chi connectivity index (χ1v) is 5.90. The minimum atomic E-state index is -0.613. The highest BCUT2D eigenvalue weighted by Crippen LogP contribution is 2.08. The molecular weight excluding hydrogens is 250 g/mol. The minimum absolute atomic E-state index is 0.115. The standard InChI is InChI=1S/C13H21NO5/c1-9(14-12(17)19-13(2,3)4)6-7-10(15)8-11(16)18-5/h1,6-8H2,2-5H3,(H,14,17). The average Bonchev–Trinajstić information content (AvgIpc) is 2.23. The van der Waals surface area contributed by atoms with Gasteiger partial charge in [0.2, 0.25) is 0 Å². The van der Waals surface area contributed by atoms with Gasteiger partial charge in [0.15, 0.2) is 0 Å². The normalized spacial score (nSPS) is 10.5. The highest BCUT2D eigenvalue weighted by molar-refractivity contribution is 5.95. The van der Waals surface area contributed by atoms with Crippen LogP contribution in [0.4, 0.5) is 4.79 Å². The van der Waals surface area contributed by atoms with Crippen molar-refractivity contribution < 1.29 is 23.9 Å². The summed E-state index contributed by atoms with van der Waals surface area (Å²) in [5.41, 5.74) is -0.224. The number of hydrogen-bond acceptors (Lipinski definition) is 5. The molecule has 0 radical (unpaired) electrons. The molecule has 19 heavy (non-hydrogen) atoms. The highest BCUT2D eigenvalue weighted by Gasteiger charge is 2.17. The number of alkyl carbamates (subject to hydrolysis) is 1. The number of hydrogen-bond donors (Lipinski definition) is 1. The number of amides is 1. The fourth-order valence-corrected chi connectivity index (χ4v) is 1.12. The Hall–Kier alpha value is -1.85. The first-order valence-electron chi connectivity index (χ1n) is 5.90. The second-order valence-electron chi connectivity index (χ2n) is 5.02. The van der Waals surface area contributed by atoms with E-state index in [4.69, 9.17) is 4.74 Å². The van der Waals surface area contributed by atoms with E-state index >= 15 is 0 Å². The quantitative estimate of drug-likeness (QED) is 0.589. The van der Waals surface area contributed by atoms with Crippen LogP contribution in [0, 0.1) is 0 Å². The third-order valence-corrected chi connectivity index (χ3v) is 1.95. The van der Waals surface area contributed by atoms with Crippen LogP contribution in [0.2, 0.25) is 0 Å². The van der Waals surface area contributed by atoms with Crippen molar-refractivity contribution in [2.45, 2.75) is 45.6 Å². The molecule has 0 rings (SSSR count). The Morgan fingerprint density at radius 2 is 1.74 bits per heavy atom. The van der Waals surface area contributed by atoms with E-state index in [-0.39, 0.29) is 25.0 Å². The average molecular weight is 271 g/mol. The van der Waals surface area contributed by atoms with Crippen molar-refractivity contribution in [1.29, 1.82) is 0 Å². The van der Waals surface area contributed by atoms with Crippen molar-refractivity contribution in [3.8, 4) is 0 Å². The number of Topliss-reactive ketones (excluding diaryl/α,β-unsaturated/α-hetero) is 1. The lowest BCUT2D eigenvalue weighted by atomic mass is 10.1. The Balaban J connectivity index is 3.96. The summed E-state index contributed by atoms with van der Waals surface area (Å²) in [6, 6.07) is 0. The van der Waals surface area contributed by atoms with Crippen LogP contribution in [0.5, 0.6) is 0 Å². The Morgan fingerprint density at radius 1 is 1.16 bits per heavy atom. The van der Waals surface area contributed by atoms with Gasteiger partial charge in [0.1, 0.15) is 17.8 Å². The van der Waals surface area contributed by atoms with Crippen LogP contribution in [0.3, 0.4) is 0 Å². The predicted molar refractivity (Wildman–Crippen MR) is 69.4 cm³/mol. The first kappa shape index (κ1) is 17.2. The van der Waals surface area contributed by atoms with Crippen LogP contribution in [-0.2, 0) is 19.1 Å². The third kappa shape index (κ3) is 9.82. The SMILES string of the molecule is C=C(CCC(=O)CC(=O)OC)NC(=O)OC(C)(C)C. The molecule has 0 saturated carbocycles. The summed E-state index contributed by atoms with van der Waals surface area (Å²) in [6.07, 6.45) is -0.507. The lowest BCUT2D eigenvalue weighted by molar-refractivity contribution is -0.143. The van der Waals surface area contributed by atoms with E-state index in [2.05, 4.69) is 16.6 Å². The number of esters is 1. The molecule has 0 aliphatic rings. The topological polar surface area (TPSA) is 81.7 Å². The van der Waals surface area contributed by atoms with Gasteiger partial charge in [-0.1, -0.05) is 6.58 Å². The van der Waals surface area contributed by atoms with Crippen LogP contribution < -0.4 is 5.32 Å². The van der Waals surface area contributed by atoms with Crippen molar-refractivity contribution in [3.05, 3.63) is 12.3 Å². The highest BCUT2D eigenvalue weighted by atomic mass is 16.6. The molecule has 108 valence electrons. The number of nitrogens with one attached hydrogen (secondary N) is 1. The molecule has 0 saturated heterocycles. The summed E-state index contributed by atoms with van der Waals surface area (Å²) in [5.74, 6) is -0.838. The molecule has 0 spiro atoms. The van der Waals surface area contributed by atoms with Gasteiger partial charge < -0.3 is 9.47 Å². The molecule has 0 atom stereocenters. The van der Waals surface area contributed by atoms with Gasteiger partial charge in [-0.2, -0.15) is 0 Å². The summed E-state index contributed by atoms with van der Waals surface area (Å²) >= 11 is 0. The summed E-state index contributed by atoms with van der Waals surface area (Å²) in [4.78, 5) is 33.6. The molecule has 0 aromatic heterocycles. The molecule has 0 heterocycles. The number of ketones is 1. The molecule has 0 unspecified atom stereocenters. The molecule has 0 aromatic carbocycles. The van der Waals surface area contributed by atoms with Crippen LogP contribution in [0.1, 0.15) is 40.0 Å². The van der Waals surface area contributed by atoms with Crippen LogP contribution >= 0.6 is 0 Å². The lowest BCUT2D eigenvalue weighted by Crippen LogP contribution is -2.32. The molecule has 0 aromatic rings. The van der Waals surface area contributed by atoms with Crippen molar-refractivity contribution in [1.82, 2.24) is 5.32 Å². The number of carbonyl (C=O) groups is 3. The monoisotopic (exact) mass is 271 g/mol. The molecule has 0 fully saturated rings. The van der Waals surface area contributed by atoms with E-state index in [0.29, 0.717) is 5.70 Å². The second kappa shape index (κ2) is 7.56. The van der Waals surface area contributed by atoms with Crippen LogP contribution in [-0.4, -0.2) is 30.6 Å². The zero-order chi connectivity index (χ0) is 15.1. The van der Waals surface area contributed by atoms with E-state index in [9.17, 15) is 14.4 Å². The van der Waals surface area contributed by atoms with Gasteiger partial charge in [-0.15, -0.1) is 0 Å². The van der Waals surface area contributed by atoms with E-state index in [1.54, 1.807) is 20.8 Å². The number of rotatable bonds is 6. The summed E-state index contributed by atoms with van der Waals surface area (Å²) in [6.45, 7) is 8.85.